The Bertz CT molecular complexity index is 398. The molecular formula is C17H27NO2. The van der Waals surface area contributed by atoms with Crippen molar-refractivity contribution < 1.29 is 9.47 Å². The maximum Gasteiger partial charge on any atom is 0.119 e. The molecule has 3 nitrogen and oxygen atoms in total. The molecule has 112 valence electrons. The second-order valence-corrected chi connectivity index (χ2v) is 5.55. The highest BCUT2D eigenvalue weighted by molar-refractivity contribution is 5.29. The first-order valence-electron chi connectivity index (χ1n) is 7.84. The quantitative estimate of drug-likeness (QED) is 0.860. The molecule has 1 heterocycles. The molecule has 0 amide bonds. The van der Waals surface area contributed by atoms with E-state index in [0.29, 0.717) is 0 Å². The van der Waals surface area contributed by atoms with Gasteiger partial charge in [0.2, 0.25) is 0 Å². The van der Waals surface area contributed by atoms with Crippen LogP contribution in [0.15, 0.2) is 24.3 Å². The molecule has 20 heavy (non-hydrogen) atoms. The summed E-state index contributed by atoms with van der Waals surface area (Å²) in [5.41, 5.74) is 1.22. The molecule has 0 aliphatic carbocycles. The molecular weight excluding hydrogens is 250 g/mol. The van der Waals surface area contributed by atoms with Crippen molar-refractivity contribution in [1.29, 1.82) is 0 Å². The lowest BCUT2D eigenvalue weighted by atomic mass is 9.93. The number of nitrogens with one attached hydrogen (secondary N) is 1. The molecule has 1 saturated heterocycles. The Labute approximate surface area is 122 Å². The Kier molecular flexibility index (Phi) is 5.44. The fourth-order valence-electron chi connectivity index (χ4n) is 2.67. The van der Waals surface area contributed by atoms with E-state index >= 15 is 0 Å². The largest absolute Gasteiger partial charge is 0.494 e. The van der Waals surface area contributed by atoms with E-state index in [9.17, 15) is 0 Å². The summed E-state index contributed by atoms with van der Waals surface area (Å²) in [5, 5.41) is 3.52. The van der Waals surface area contributed by atoms with E-state index in [0.717, 1.165) is 44.7 Å². The smallest absolute Gasteiger partial charge is 0.119 e. The third-order valence-electron chi connectivity index (χ3n) is 4.18. The zero-order chi connectivity index (χ0) is 14.4. The molecule has 0 bridgehead atoms. The van der Waals surface area contributed by atoms with Crippen LogP contribution in [0.2, 0.25) is 0 Å². The number of hydrogen-bond acceptors (Lipinski definition) is 3. The van der Waals surface area contributed by atoms with Gasteiger partial charge < -0.3 is 14.8 Å². The Morgan fingerprint density at radius 2 is 1.90 bits per heavy atom. The zero-order valence-corrected chi connectivity index (χ0v) is 12.9. The lowest BCUT2D eigenvalue weighted by Gasteiger charge is -2.41. The third-order valence-corrected chi connectivity index (χ3v) is 4.18. The number of benzene rings is 1. The fourth-order valence-corrected chi connectivity index (χ4v) is 2.67. The predicted molar refractivity (Wildman–Crippen MR) is 82.2 cm³/mol. The third kappa shape index (κ3) is 3.53. The van der Waals surface area contributed by atoms with Gasteiger partial charge in [-0.2, -0.15) is 0 Å². The van der Waals surface area contributed by atoms with E-state index in [-0.39, 0.29) is 11.7 Å². The van der Waals surface area contributed by atoms with Crippen LogP contribution >= 0.6 is 0 Å². The van der Waals surface area contributed by atoms with Gasteiger partial charge in [0.05, 0.1) is 18.3 Å². The van der Waals surface area contributed by atoms with Gasteiger partial charge in [-0.05, 0) is 37.0 Å². The molecule has 1 fully saturated rings. The van der Waals surface area contributed by atoms with E-state index in [1.165, 1.54) is 5.56 Å². The Hall–Kier alpha value is -1.06. The monoisotopic (exact) mass is 277 g/mol. The molecule has 3 heteroatoms. The molecule has 0 saturated carbocycles. The molecule has 1 aliphatic heterocycles. The highest BCUT2D eigenvalue weighted by atomic mass is 16.5. The lowest BCUT2D eigenvalue weighted by molar-refractivity contribution is -0.122. The maximum atomic E-state index is 6.38. The van der Waals surface area contributed by atoms with E-state index in [1.54, 1.807) is 0 Å². The van der Waals surface area contributed by atoms with Crippen molar-refractivity contribution >= 4 is 0 Å². The second-order valence-electron chi connectivity index (χ2n) is 5.55. The average Bonchev–Trinajstić information content (AvgIpc) is 2.53. The summed E-state index contributed by atoms with van der Waals surface area (Å²) in [6.07, 6.45) is 3.27. The van der Waals surface area contributed by atoms with Crippen LogP contribution in [0.4, 0.5) is 0 Å². The van der Waals surface area contributed by atoms with Gasteiger partial charge in [-0.1, -0.05) is 32.9 Å². The summed E-state index contributed by atoms with van der Waals surface area (Å²) < 4.78 is 12.0. The summed E-state index contributed by atoms with van der Waals surface area (Å²) in [5.74, 6) is 0.941. The van der Waals surface area contributed by atoms with Crippen LogP contribution in [0, 0.1) is 0 Å². The van der Waals surface area contributed by atoms with E-state index in [4.69, 9.17) is 9.47 Å². The van der Waals surface area contributed by atoms with Crippen LogP contribution in [0.25, 0.3) is 0 Å². The topological polar surface area (TPSA) is 30.5 Å². The molecule has 1 aromatic rings. The van der Waals surface area contributed by atoms with Gasteiger partial charge in [-0.15, -0.1) is 0 Å². The Balaban J connectivity index is 2.03. The van der Waals surface area contributed by atoms with Crippen molar-refractivity contribution in [2.75, 3.05) is 19.7 Å². The first kappa shape index (κ1) is 15.3. The highest BCUT2D eigenvalue weighted by Gasteiger charge is 2.34. The fraction of sp³-hybridized carbons (Fsp3) is 0.647. The Morgan fingerprint density at radius 3 is 2.50 bits per heavy atom. The van der Waals surface area contributed by atoms with Gasteiger partial charge >= 0.3 is 0 Å². The number of hydrogen-bond donors (Lipinski definition) is 1. The second kappa shape index (κ2) is 7.09. The van der Waals surface area contributed by atoms with Crippen molar-refractivity contribution in [3.8, 4) is 5.75 Å². The summed E-state index contributed by atoms with van der Waals surface area (Å²) >= 11 is 0. The molecule has 1 aromatic carbocycles. The SMILES string of the molecule is CCCOc1ccc(C2CNCC(CC)(CC)O2)cc1. The number of ether oxygens (including phenoxy) is 2. The molecule has 0 spiro atoms. The summed E-state index contributed by atoms with van der Waals surface area (Å²) in [4.78, 5) is 0. The Morgan fingerprint density at radius 1 is 1.20 bits per heavy atom. The van der Waals surface area contributed by atoms with E-state index < -0.39 is 0 Å². The van der Waals surface area contributed by atoms with Crippen LogP contribution in [0.1, 0.15) is 51.7 Å². The molecule has 1 aliphatic rings. The van der Waals surface area contributed by atoms with Crippen LogP contribution in [-0.4, -0.2) is 25.3 Å². The standard InChI is InChI=1S/C17H27NO2/c1-4-11-19-15-9-7-14(8-10-15)16-12-18-13-17(5-2,6-3)20-16/h7-10,16,18H,4-6,11-13H2,1-3H3. The van der Waals surface area contributed by atoms with Crippen molar-refractivity contribution in [2.45, 2.75) is 51.7 Å². The van der Waals surface area contributed by atoms with Crippen LogP contribution in [0.3, 0.4) is 0 Å². The van der Waals surface area contributed by atoms with Gasteiger partial charge in [0.15, 0.2) is 0 Å². The number of rotatable bonds is 6. The van der Waals surface area contributed by atoms with Gasteiger partial charge in [0, 0.05) is 13.1 Å². The molecule has 0 aromatic heterocycles. The van der Waals surface area contributed by atoms with Crippen molar-refractivity contribution in [3.05, 3.63) is 29.8 Å². The van der Waals surface area contributed by atoms with Crippen LogP contribution in [-0.2, 0) is 4.74 Å². The predicted octanol–water partition coefficient (Wildman–Crippen LogP) is 3.70. The highest BCUT2D eigenvalue weighted by Crippen LogP contribution is 2.32. The normalized spacial score (nSPS) is 21.6. The summed E-state index contributed by atoms with van der Waals surface area (Å²) in [6, 6.07) is 8.34. The van der Waals surface area contributed by atoms with Gasteiger partial charge in [0.1, 0.15) is 5.75 Å². The van der Waals surface area contributed by atoms with Crippen LogP contribution < -0.4 is 10.1 Å². The maximum absolute atomic E-state index is 6.38. The van der Waals surface area contributed by atoms with Gasteiger partial charge in [0.25, 0.3) is 0 Å². The molecule has 1 atom stereocenters. The van der Waals surface area contributed by atoms with E-state index in [1.807, 2.05) is 12.1 Å². The van der Waals surface area contributed by atoms with E-state index in [2.05, 4.69) is 38.2 Å². The van der Waals surface area contributed by atoms with Gasteiger partial charge in [-0.3, -0.25) is 0 Å². The minimum Gasteiger partial charge on any atom is -0.494 e. The first-order valence-corrected chi connectivity index (χ1v) is 7.84. The molecule has 1 N–H and O–H groups in total. The zero-order valence-electron chi connectivity index (χ0n) is 12.9. The first-order chi connectivity index (χ1) is 9.73. The summed E-state index contributed by atoms with van der Waals surface area (Å²) in [6.45, 7) is 9.14. The lowest BCUT2D eigenvalue weighted by Crippen LogP contribution is -2.50. The molecule has 0 radical (unpaired) electrons. The molecule has 2 rings (SSSR count). The summed E-state index contributed by atoms with van der Waals surface area (Å²) in [7, 11) is 0. The number of morpholine rings is 1. The van der Waals surface area contributed by atoms with Crippen molar-refractivity contribution in [2.24, 2.45) is 0 Å². The molecule has 1 unspecified atom stereocenters. The van der Waals surface area contributed by atoms with Crippen molar-refractivity contribution in [1.82, 2.24) is 5.32 Å². The minimum absolute atomic E-state index is 0.0136. The minimum atomic E-state index is -0.0136. The van der Waals surface area contributed by atoms with Crippen molar-refractivity contribution in [3.63, 3.8) is 0 Å². The average molecular weight is 277 g/mol. The van der Waals surface area contributed by atoms with Crippen LogP contribution in [0.5, 0.6) is 5.75 Å². The van der Waals surface area contributed by atoms with Gasteiger partial charge in [-0.25, -0.2) is 0 Å².